The second kappa shape index (κ2) is 8.04. The minimum Gasteiger partial charge on any atom is -0.497 e. The molecule has 8 nitrogen and oxygen atoms in total. The van der Waals surface area contributed by atoms with E-state index >= 15 is 0 Å². The fraction of sp³-hybridized carbons (Fsp3) is 0.579. The van der Waals surface area contributed by atoms with Crippen molar-refractivity contribution in [1.82, 2.24) is 25.1 Å². The van der Waals surface area contributed by atoms with Crippen molar-refractivity contribution in [2.75, 3.05) is 27.9 Å². The summed E-state index contributed by atoms with van der Waals surface area (Å²) in [5.74, 6) is 1.94. The molecule has 2 aromatic rings. The van der Waals surface area contributed by atoms with Crippen molar-refractivity contribution in [2.45, 2.75) is 38.1 Å². The topological polar surface area (TPSA) is 82.4 Å². The number of carbonyl (C=O) groups excluding carboxylic acids is 1. The Kier molecular flexibility index (Phi) is 5.74. The molecule has 0 radical (unpaired) electrons. The van der Waals surface area contributed by atoms with E-state index in [4.69, 9.17) is 9.47 Å². The molecule has 1 aliphatic rings. The average Bonchev–Trinajstić information content (AvgIpc) is 3.19. The maximum atomic E-state index is 12.7. The highest BCUT2D eigenvalue weighted by atomic mass is 16.5. The van der Waals surface area contributed by atoms with Gasteiger partial charge in [0.25, 0.3) is 0 Å². The quantitative estimate of drug-likeness (QED) is 0.772. The van der Waals surface area contributed by atoms with Gasteiger partial charge in [-0.25, -0.2) is 0 Å². The van der Waals surface area contributed by atoms with E-state index in [-0.39, 0.29) is 12.5 Å². The fourth-order valence-electron chi connectivity index (χ4n) is 3.80. The SMILES string of the molecule is COCC(=O)N(C)C1(c2nnnn2-c2cccc(OC)c2)CCC(C)CC1. The summed E-state index contributed by atoms with van der Waals surface area (Å²) in [4.78, 5) is 14.4. The molecule has 1 fully saturated rings. The lowest BCUT2D eigenvalue weighted by Gasteiger charge is -2.44. The van der Waals surface area contributed by atoms with Crippen molar-refractivity contribution < 1.29 is 14.3 Å². The van der Waals surface area contributed by atoms with Crippen molar-refractivity contribution in [3.63, 3.8) is 0 Å². The molecule has 27 heavy (non-hydrogen) atoms. The molecule has 0 unspecified atom stereocenters. The summed E-state index contributed by atoms with van der Waals surface area (Å²) in [6, 6.07) is 7.59. The number of carbonyl (C=O) groups is 1. The Hall–Kier alpha value is -2.48. The molecule has 1 aromatic heterocycles. The maximum Gasteiger partial charge on any atom is 0.249 e. The van der Waals surface area contributed by atoms with E-state index in [9.17, 15) is 4.79 Å². The Bertz CT molecular complexity index is 783. The van der Waals surface area contributed by atoms with Crippen molar-refractivity contribution in [1.29, 1.82) is 0 Å². The van der Waals surface area contributed by atoms with Gasteiger partial charge in [0.15, 0.2) is 5.82 Å². The number of nitrogens with zero attached hydrogens (tertiary/aromatic N) is 5. The molecule has 8 heteroatoms. The molecular weight excluding hydrogens is 346 g/mol. The summed E-state index contributed by atoms with van der Waals surface area (Å²) in [5.41, 5.74) is 0.245. The van der Waals surface area contributed by atoms with E-state index in [0.29, 0.717) is 11.7 Å². The number of aromatic nitrogens is 4. The molecule has 146 valence electrons. The van der Waals surface area contributed by atoms with Crippen molar-refractivity contribution in [2.24, 2.45) is 5.92 Å². The highest BCUT2D eigenvalue weighted by Gasteiger charge is 2.45. The zero-order valence-electron chi connectivity index (χ0n) is 16.4. The van der Waals surface area contributed by atoms with E-state index in [1.807, 2.05) is 31.3 Å². The normalized spacial score (nSPS) is 22.4. The molecule has 0 bridgehead atoms. The number of hydrogen-bond acceptors (Lipinski definition) is 6. The van der Waals surface area contributed by atoms with E-state index in [1.54, 1.807) is 16.7 Å². The number of amides is 1. The highest BCUT2D eigenvalue weighted by Crippen LogP contribution is 2.43. The smallest absolute Gasteiger partial charge is 0.249 e. The van der Waals surface area contributed by atoms with Crippen LogP contribution in [0, 0.1) is 5.92 Å². The fourth-order valence-corrected chi connectivity index (χ4v) is 3.80. The Labute approximate surface area is 159 Å². The maximum absolute atomic E-state index is 12.7. The summed E-state index contributed by atoms with van der Waals surface area (Å²) in [6.07, 6.45) is 3.64. The van der Waals surface area contributed by atoms with Crippen LogP contribution in [0.25, 0.3) is 5.69 Å². The Balaban J connectivity index is 2.06. The number of tetrazole rings is 1. The van der Waals surface area contributed by atoms with Gasteiger partial charge < -0.3 is 14.4 Å². The van der Waals surface area contributed by atoms with E-state index < -0.39 is 5.54 Å². The third kappa shape index (κ3) is 3.66. The van der Waals surface area contributed by atoms with Gasteiger partial charge >= 0.3 is 0 Å². The van der Waals surface area contributed by atoms with Crippen molar-refractivity contribution >= 4 is 5.91 Å². The number of likely N-dealkylation sites (N-methyl/N-ethyl adjacent to an activating group) is 1. The molecule has 1 heterocycles. The minimum absolute atomic E-state index is 0.0362. The second-order valence-corrected chi connectivity index (χ2v) is 7.22. The van der Waals surface area contributed by atoms with Crippen LogP contribution in [-0.2, 0) is 15.1 Å². The van der Waals surface area contributed by atoms with E-state index in [0.717, 1.165) is 37.1 Å². The molecule has 3 rings (SSSR count). The van der Waals surface area contributed by atoms with Crippen LogP contribution in [0.2, 0.25) is 0 Å². The molecule has 1 amide bonds. The second-order valence-electron chi connectivity index (χ2n) is 7.22. The number of benzene rings is 1. The largest absolute Gasteiger partial charge is 0.497 e. The summed E-state index contributed by atoms with van der Waals surface area (Å²) in [6.45, 7) is 2.28. The summed E-state index contributed by atoms with van der Waals surface area (Å²) in [7, 11) is 4.98. The molecule has 0 N–H and O–H groups in total. The van der Waals surface area contributed by atoms with Gasteiger partial charge in [-0.15, -0.1) is 5.10 Å². The van der Waals surface area contributed by atoms with Crippen LogP contribution < -0.4 is 4.74 Å². The Morgan fingerprint density at radius 1 is 1.33 bits per heavy atom. The van der Waals surface area contributed by atoms with Crippen LogP contribution in [0.4, 0.5) is 0 Å². The average molecular weight is 373 g/mol. The summed E-state index contributed by atoms with van der Waals surface area (Å²) >= 11 is 0. The molecule has 0 aliphatic heterocycles. The first kappa shape index (κ1) is 19.3. The van der Waals surface area contributed by atoms with Gasteiger partial charge in [-0.1, -0.05) is 13.0 Å². The van der Waals surface area contributed by atoms with Gasteiger partial charge in [0, 0.05) is 20.2 Å². The minimum atomic E-state index is -0.561. The first-order chi connectivity index (χ1) is 13.0. The third-order valence-corrected chi connectivity index (χ3v) is 5.57. The first-order valence-corrected chi connectivity index (χ1v) is 9.20. The summed E-state index contributed by atoms with van der Waals surface area (Å²) < 4.78 is 12.1. The van der Waals surface area contributed by atoms with Crippen molar-refractivity contribution in [3.05, 3.63) is 30.1 Å². The van der Waals surface area contributed by atoms with Crippen LogP contribution in [0.5, 0.6) is 5.75 Å². The van der Waals surface area contributed by atoms with Crippen LogP contribution in [-0.4, -0.2) is 58.9 Å². The Morgan fingerprint density at radius 2 is 2.07 bits per heavy atom. The monoisotopic (exact) mass is 373 g/mol. The zero-order valence-corrected chi connectivity index (χ0v) is 16.4. The molecule has 0 spiro atoms. The number of hydrogen-bond donors (Lipinski definition) is 0. The van der Waals surface area contributed by atoms with Crippen LogP contribution >= 0.6 is 0 Å². The lowest BCUT2D eigenvalue weighted by atomic mass is 9.75. The molecule has 1 saturated carbocycles. The van der Waals surface area contributed by atoms with Gasteiger partial charge in [-0.05, 0) is 54.2 Å². The zero-order chi connectivity index (χ0) is 19.4. The molecule has 0 atom stereocenters. The molecular formula is C19H27N5O3. The predicted molar refractivity (Wildman–Crippen MR) is 99.7 cm³/mol. The van der Waals surface area contributed by atoms with Crippen LogP contribution in [0.3, 0.4) is 0 Å². The third-order valence-electron chi connectivity index (χ3n) is 5.57. The van der Waals surface area contributed by atoms with Gasteiger partial charge in [0.2, 0.25) is 5.91 Å². The number of rotatable bonds is 6. The molecule has 1 aliphatic carbocycles. The first-order valence-electron chi connectivity index (χ1n) is 9.20. The highest BCUT2D eigenvalue weighted by molar-refractivity contribution is 5.78. The number of methoxy groups -OCH3 is 2. The van der Waals surface area contributed by atoms with E-state index in [1.165, 1.54) is 7.11 Å². The van der Waals surface area contributed by atoms with Crippen molar-refractivity contribution in [3.8, 4) is 11.4 Å². The van der Waals surface area contributed by atoms with Gasteiger partial charge in [-0.2, -0.15) is 4.68 Å². The summed E-state index contributed by atoms with van der Waals surface area (Å²) in [5, 5.41) is 12.5. The van der Waals surface area contributed by atoms with Crippen LogP contribution in [0.15, 0.2) is 24.3 Å². The number of ether oxygens (including phenoxy) is 2. The molecule has 0 saturated heterocycles. The van der Waals surface area contributed by atoms with Gasteiger partial charge in [0.05, 0.1) is 12.8 Å². The lowest BCUT2D eigenvalue weighted by Crippen LogP contribution is -2.51. The van der Waals surface area contributed by atoms with Gasteiger partial charge in [0.1, 0.15) is 17.9 Å². The molecule has 1 aromatic carbocycles. The van der Waals surface area contributed by atoms with E-state index in [2.05, 4.69) is 22.4 Å². The Morgan fingerprint density at radius 3 is 2.74 bits per heavy atom. The lowest BCUT2D eigenvalue weighted by molar-refractivity contribution is -0.142. The standard InChI is InChI=1S/C19H27N5O3/c1-14-8-10-19(11-9-14,23(2)17(25)13-26-3)18-20-21-22-24(18)15-6-5-7-16(12-15)27-4/h5-7,12,14H,8-11,13H2,1-4H3. The van der Waals surface area contributed by atoms with Gasteiger partial charge in [-0.3, -0.25) is 4.79 Å². The van der Waals surface area contributed by atoms with Crippen LogP contribution in [0.1, 0.15) is 38.4 Å². The predicted octanol–water partition coefficient (Wildman–Crippen LogP) is 2.18.